The standard InChI is InChI=1S/C15H22N2O2/c1-5-11-6-7-12(18-11)13-10-16-14(19-13)8-9-17-15(2,3)4/h6-7,10,17H,5,8-9H2,1-4H3. The van der Waals surface area contributed by atoms with E-state index in [9.17, 15) is 0 Å². The number of aryl methyl sites for hydroxylation is 1. The largest absolute Gasteiger partial charge is 0.458 e. The van der Waals surface area contributed by atoms with Gasteiger partial charge in [0.25, 0.3) is 0 Å². The number of oxazole rings is 1. The third-order valence-corrected chi connectivity index (χ3v) is 2.80. The van der Waals surface area contributed by atoms with Crippen LogP contribution in [0.15, 0.2) is 27.2 Å². The lowest BCUT2D eigenvalue weighted by Gasteiger charge is -2.19. The normalized spacial score (nSPS) is 12.0. The van der Waals surface area contributed by atoms with Crippen LogP contribution in [0.25, 0.3) is 11.5 Å². The van der Waals surface area contributed by atoms with Crippen molar-refractivity contribution in [3.63, 3.8) is 0 Å². The van der Waals surface area contributed by atoms with Gasteiger partial charge in [0, 0.05) is 24.9 Å². The molecule has 0 bridgehead atoms. The number of rotatable bonds is 5. The van der Waals surface area contributed by atoms with Gasteiger partial charge in [-0.05, 0) is 32.9 Å². The van der Waals surface area contributed by atoms with E-state index in [0.717, 1.165) is 36.8 Å². The van der Waals surface area contributed by atoms with Gasteiger partial charge in [-0.25, -0.2) is 4.98 Å². The van der Waals surface area contributed by atoms with Crippen LogP contribution in [0.1, 0.15) is 39.3 Å². The average Bonchev–Trinajstić information content (AvgIpc) is 2.94. The van der Waals surface area contributed by atoms with Crippen molar-refractivity contribution in [2.45, 2.75) is 46.1 Å². The van der Waals surface area contributed by atoms with E-state index in [-0.39, 0.29) is 5.54 Å². The molecule has 0 radical (unpaired) electrons. The molecule has 0 spiro atoms. The first-order valence-corrected chi connectivity index (χ1v) is 6.77. The molecule has 0 amide bonds. The van der Waals surface area contributed by atoms with Crippen molar-refractivity contribution in [1.82, 2.24) is 10.3 Å². The van der Waals surface area contributed by atoms with Gasteiger partial charge in [-0.15, -0.1) is 0 Å². The van der Waals surface area contributed by atoms with Crippen molar-refractivity contribution >= 4 is 0 Å². The second-order valence-corrected chi connectivity index (χ2v) is 5.66. The highest BCUT2D eigenvalue weighted by Crippen LogP contribution is 2.23. The third kappa shape index (κ3) is 3.96. The lowest BCUT2D eigenvalue weighted by atomic mass is 10.1. The summed E-state index contributed by atoms with van der Waals surface area (Å²) in [5.41, 5.74) is 0.118. The van der Waals surface area contributed by atoms with Crippen LogP contribution in [0.3, 0.4) is 0 Å². The molecule has 0 aliphatic carbocycles. The summed E-state index contributed by atoms with van der Waals surface area (Å²) in [7, 11) is 0. The molecule has 104 valence electrons. The molecule has 2 aromatic heterocycles. The van der Waals surface area contributed by atoms with Crippen LogP contribution in [0.5, 0.6) is 0 Å². The fraction of sp³-hybridized carbons (Fsp3) is 0.533. The summed E-state index contributed by atoms with van der Waals surface area (Å²) in [6, 6.07) is 3.90. The fourth-order valence-electron chi connectivity index (χ4n) is 1.78. The Morgan fingerprint density at radius 2 is 1.95 bits per heavy atom. The molecule has 0 atom stereocenters. The highest BCUT2D eigenvalue weighted by Gasteiger charge is 2.12. The van der Waals surface area contributed by atoms with Crippen molar-refractivity contribution in [2.75, 3.05) is 6.54 Å². The molecule has 0 saturated heterocycles. The molecule has 19 heavy (non-hydrogen) atoms. The summed E-state index contributed by atoms with van der Waals surface area (Å²) in [4.78, 5) is 4.28. The van der Waals surface area contributed by atoms with E-state index in [4.69, 9.17) is 8.83 Å². The number of hydrogen-bond donors (Lipinski definition) is 1. The molecule has 0 unspecified atom stereocenters. The smallest absolute Gasteiger partial charge is 0.196 e. The second kappa shape index (κ2) is 5.61. The molecule has 0 saturated carbocycles. The summed E-state index contributed by atoms with van der Waals surface area (Å²) >= 11 is 0. The Kier molecular flexibility index (Phi) is 4.10. The van der Waals surface area contributed by atoms with Crippen LogP contribution >= 0.6 is 0 Å². The Bertz CT molecular complexity index is 520. The van der Waals surface area contributed by atoms with Crippen molar-refractivity contribution in [2.24, 2.45) is 0 Å². The van der Waals surface area contributed by atoms with E-state index in [1.54, 1.807) is 6.20 Å². The van der Waals surface area contributed by atoms with Crippen LogP contribution in [0.2, 0.25) is 0 Å². The van der Waals surface area contributed by atoms with Crippen molar-refractivity contribution in [1.29, 1.82) is 0 Å². The average molecular weight is 262 g/mol. The quantitative estimate of drug-likeness (QED) is 0.897. The fourth-order valence-corrected chi connectivity index (χ4v) is 1.78. The van der Waals surface area contributed by atoms with Crippen LogP contribution in [-0.2, 0) is 12.8 Å². The minimum atomic E-state index is 0.118. The monoisotopic (exact) mass is 262 g/mol. The number of furan rings is 1. The number of aromatic nitrogens is 1. The number of nitrogens with one attached hydrogen (secondary N) is 1. The van der Waals surface area contributed by atoms with Gasteiger partial charge in [0.2, 0.25) is 0 Å². The van der Waals surface area contributed by atoms with Crippen LogP contribution in [0, 0.1) is 0 Å². The molecular weight excluding hydrogens is 240 g/mol. The first-order chi connectivity index (χ1) is 8.98. The SMILES string of the molecule is CCc1ccc(-c2cnc(CCNC(C)(C)C)o2)o1. The Hall–Kier alpha value is -1.55. The van der Waals surface area contributed by atoms with Crippen LogP contribution < -0.4 is 5.32 Å². The van der Waals surface area contributed by atoms with Gasteiger partial charge in [0.1, 0.15) is 5.76 Å². The molecule has 4 nitrogen and oxygen atoms in total. The van der Waals surface area contributed by atoms with Crippen molar-refractivity contribution in [3.8, 4) is 11.5 Å². The molecule has 2 rings (SSSR count). The van der Waals surface area contributed by atoms with E-state index in [2.05, 4.69) is 38.0 Å². The maximum atomic E-state index is 5.70. The zero-order valence-corrected chi connectivity index (χ0v) is 12.1. The van der Waals surface area contributed by atoms with Gasteiger partial charge < -0.3 is 14.2 Å². The van der Waals surface area contributed by atoms with Crippen molar-refractivity contribution < 1.29 is 8.83 Å². The summed E-state index contributed by atoms with van der Waals surface area (Å²) in [5, 5.41) is 3.41. The molecule has 2 heterocycles. The molecule has 0 fully saturated rings. The van der Waals surface area contributed by atoms with Gasteiger partial charge in [0.05, 0.1) is 6.20 Å². The second-order valence-electron chi connectivity index (χ2n) is 5.66. The summed E-state index contributed by atoms with van der Waals surface area (Å²) in [6.45, 7) is 9.34. The minimum absolute atomic E-state index is 0.118. The van der Waals surface area contributed by atoms with Gasteiger partial charge in [0.15, 0.2) is 17.4 Å². The predicted octanol–water partition coefficient (Wildman–Crippen LogP) is 3.43. The first-order valence-electron chi connectivity index (χ1n) is 6.77. The summed E-state index contributed by atoms with van der Waals surface area (Å²) in [5.74, 6) is 3.15. The summed E-state index contributed by atoms with van der Waals surface area (Å²) in [6.07, 6.45) is 3.39. The predicted molar refractivity (Wildman–Crippen MR) is 75.0 cm³/mol. The van der Waals surface area contributed by atoms with Gasteiger partial charge in [-0.3, -0.25) is 0 Å². The van der Waals surface area contributed by atoms with E-state index in [1.165, 1.54) is 0 Å². The number of nitrogens with zero attached hydrogens (tertiary/aromatic N) is 1. The van der Waals surface area contributed by atoms with E-state index in [1.807, 2.05) is 12.1 Å². The molecule has 2 aromatic rings. The van der Waals surface area contributed by atoms with Crippen molar-refractivity contribution in [3.05, 3.63) is 30.0 Å². The maximum Gasteiger partial charge on any atom is 0.196 e. The molecule has 4 heteroatoms. The molecule has 0 aromatic carbocycles. The maximum absolute atomic E-state index is 5.70. The molecule has 0 aliphatic heterocycles. The lowest BCUT2D eigenvalue weighted by Crippen LogP contribution is -2.37. The van der Waals surface area contributed by atoms with Gasteiger partial charge in [-0.2, -0.15) is 0 Å². The molecule has 1 N–H and O–H groups in total. The van der Waals surface area contributed by atoms with E-state index < -0.39 is 0 Å². The van der Waals surface area contributed by atoms with Crippen LogP contribution in [-0.4, -0.2) is 17.1 Å². The lowest BCUT2D eigenvalue weighted by molar-refractivity contribution is 0.409. The zero-order chi connectivity index (χ0) is 13.9. The Morgan fingerprint density at radius 1 is 1.16 bits per heavy atom. The third-order valence-electron chi connectivity index (χ3n) is 2.80. The topological polar surface area (TPSA) is 51.2 Å². The summed E-state index contributed by atoms with van der Waals surface area (Å²) < 4.78 is 11.3. The highest BCUT2D eigenvalue weighted by molar-refractivity contribution is 5.48. The first kappa shape index (κ1) is 13.9. The van der Waals surface area contributed by atoms with E-state index >= 15 is 0 Å². The minimum Gasteiger partial charge on any atom is -0.458 e. The van der Waals surface area contributed by atoms with Gasteiger partial charge in [-0.1, -0.05) is 6.92 Å². The Balaban J connectivity index is 1.95. The van der Waals surface area contributed by atoms with E-state index in [0.29, 0.717) is 5.76 Å². The molecular formula is C15H22N2O2. The number of hydrogen-bond acceptors (Lipinski definition) is 4. The Morgan fingerprint density at radius 3 is 2.58 bits per heavy atom. The van der Waals surface area contributed by atoms with Crippen LogP contribution in [0.4, 0.5) is 0 Å². The molecule has 0 aliphatic rings. The Labute approximate surface area is 114 Å². The highest BCUT2D eigenvalue weighted by atomic mass is 16.4. The van der Waals surface area contributed by atoms with Gasteiger partial charge >= 0.3 is 0 Å². The zero-order valence-electron chi connectivity index (χ0n) is 12.1.